The van der Waals surface area contributed by atoms with Crippen molar-refractivity contribution < 1.29 is 28.8 Å². The molecule has 0 saturated carbocycles. The number of hydrogen-bond acceptors (Lipinski definition) is 8. The van der Waals surface area contributed by atoms with Crippen LogP contribution in [0.4, 0.5) is 17.1 Å². The Bertz CT molecular complexity index is 1370. The van der Waals surface area contributed by atoms with E-state index in [1.165, 1.54) is 61.7 Å². The molecule has 11 heteroatoms. The number of amides is 2. The number of carbonyl (C=O) groups is 3. The topological polar surface area (TPSA) is 128 Å². The molecule has 0 fully saturated rings. The number of benzene rings is 3. The van der Waals surface area contributed by atoms with Crippen LogP contribution in [0.15, 0.2) is 83.5 Å². The van der Waals surface area contributed by atoms with Gasteiger partial charge >= 0.3 is 5.97 Å². The number of ether oxygens (including phenoxy) is 2. The molecule has 0 aliphatic carbocycles. The predicted octanol–water partition coefficient (Wildman–Crippen LogP) is 4.26. The van der Waals surface area contributed by atoms with Crippen molar-refractivity contribution in [3.8, 4) is 11.5 Å². The summed E-state index contributed by atoms with van der Waals surface area (Å²) in [6, 6.07) is 17.4. The summed E-state index contributed by atoms with van der Waals surface area (Å²) >= 11 is 6.15. The monoisotopic (exact) mass is 493 g/mol. The van der Waals surface area contributed by atoms with Crippen molar-refractivity contribution in [3.05, 3.63) is 99.2 Å². The lowest BCUT2D eigenvalue weighted by Gasteiger charge is -2.16. The Morgan fingerprint density at radius 1 is 0.971 bits per heavy atom. The zero-order chi connectivity index (χ0) is 25.1. The molecule has 3 aromatic carbocycles. The van der Waals surface area contributed by atoms with Crippen LogP contribution in [0.5, 0.6) is 11.5 Å². The number of nitrogens with zero attached hydrogens (tertiary/aromatic N) is 2. The van der Waals surface area contributed by atoms with Gasteiger partial charge in [-0.15, -0.1) is 0 Å². The fraction of sp³-hybridized carbons (Fsp3) is 0.0417. The number of methoxy groups -OCH3 is 1. The summed E-state index contributed by atoms with van der Waals surface area (Å²) in [4.78, 5) is 49.0. The van der Waals surface area contributed by atoms with Gasteiger partial charge < -0.3 is 14.8 Å². The van der Waals surface area contributed by atoms with Crippen molar-refractivity contribution in [2.75, 3.05) is 17.3 Å². The van der Waals surface area contributed by atoms with Gasteiger partial charge in [-0.2, -0.15) is 0 Å². The van der Waals surface area contributed by atoms with Gasteiger partial charge in [-0.25, -0.2) is 9.69 Å². The molecule has 0 aromatic heterocycles. The zero-order valence-electron chi connectivity index (χ0n) is 18.1. The van der Waals surface area contributed by atoms with Crippen molar-refractivity contribution in [2.45, 2.75) is 0 Å². The Labute approximate surface area is 203 Å². The molecule has 0 radical (unpaired) electrons. The standard InChI is InChI=1S/C24H16ClN3O7/c1-34-19-4-2-3-17(13-19)27-22(29)20(25)21(23(27)30)26-15-7-5-14(6-8-15)24(31)35-18-11-9-16(10-12-18)28(32)33/h2-13,26H,1H3. The first-order chi connectivity index (χ1) is 16.8. The predicted molar refractivity (Wildman–Crippen MR) is 126 cm³/mol. The molecule has 0 saturated heterocycles. The number of rotatable bonds is 7. The first-order valence-corrected chi connectivity index (χ1v) is 10.4. The van der Waals surface area contributed by atoms with Gasteiger partial charge in [0.2, 0.25) is 0 Å². The first-order valence-electron chi connectivity index (χ1n) is 10.0. The molecule has 4 rings (SSSR count). The molecule has 176 valence electrons. The fourth-order valence-electron chi connectivity index (χ4n) is 3.23. The van der Waals surface area contributed by atoms with Crippen molar-refractivity contribution >= 4 is 46.4 Å². The van der Waals surface area contributed by atoms with E-state index < -0.39 is 22.7 Å². The number of nitrogens with one attached hydrogen (secondary N) is 1. The van der Waals surface area contributed by atoms with Crippen molar-refractivity contribution in [1.29, 1.82) is 0 Å². The van der Waals surface area contributed by atoms with Crippen molar-refractivity contribution in [2.24, 2.45) is 0 Å². The Morgan fingerprint density at radius 3 is 2.29 bits per heavy atom. The first kappa shape index (κ1) is 23.5. The molecule has 1 aliphatic rings. The zero-order valence-corrected chi connectivity index (χ0v) is 18.8. The van der Waals surface area contributed by atoms with Crippen LogP contribution in [0.25, 0.3) is 0 Å². The van der Waals surface area contributed by atoms with E-state index in [0.717, 1.165) is 4.90 Å². The Hall–Kier alpha value is -4.70. The highest BCUT2D eigenvalue weighted by atomic mass is 35.5. The molecular formula is C24H16ClN3O7. The van der Waals surface area contributed by atoms with E-state index in [1.54, 1.807) is 18.2 Å². The summed E-state index contributed by atoms with van der Waals surface area (Å²) in [5.41, 5.74) is 0.664. The summed E-state index contributed by atoms with van der Waals surface area (Å²) in [6.45, 7) is 0. The van der Waals surface area contributed by atoms with Crippen LogP contribution in [0.3, 0.4) is 0 Å². The maximum atomic E-state index is 12.9. The van der Waals surface area contributed by atoms with Crippen LogP contribution in [-0.4, -0.2) is 29.8 Å². The number of halogens is 1. The highest BCUT2D eigenvalue weighted by Gasteiger charge is 2.39. The van der Waals surface area contributed by atoms with E-state index >= 15 is 0 Å². The normalized spacial score (nSPS) is 13.1. The third-order valence-electron chi connectivity index (χ3n) is 4.99. The molecule has 10 nitrogen and oxygen atoms in total. The summed E-state index contributed by atoms with van der Waals surface area (Å²) in [7, 11) is 1.47. The van der Waals surface area contributed by atoms with Gasteiger partial charge in [0.1, 0.15) is 22.2 Å². The molecule has 1 heterocycles. The third-order valence-corrected chi connectivity index (χ3v) is 5.34. The Morgan fingerprint density at radius 2 is 1.66 bits per heavy atom. The smallest absolute Gasteiger partial charge is 0.343 e. The third kappa shape index (κ3) is 4.82. The van der Waals surface area contributed by atoms with E-state index in [4.69, 9.17) is 21.1 Å². The average molecular weight is 494 g/mol. The minimum Gasteiger partial charge on any atom is -0.497 e. The summed E-state index contributed by atoms with van der Waals surface area (Å²) in [5, 5.41) is 13.3. The molecule has 3 aromatic rings. The minimum absolute atomic E-state index is 0.110. The number of imide groups is 1. The van der Waals surface area contributed by atoms with Gasteiger partial charge in [-0.1, -0.05) is 17.7 Å². The largest absolute Gasteiger partial charge is 0.497 e. The molecule has 2 amide bonds. The number of nitro groups is 1. The maximum absolute atomic E-state index is 12.9. The summed E-state index contributed by atoms with van der Waals surface area (Å²) in [5.74, 6) is -1.39. The highest BCUT2D eigenvalue weighted by Crippen LogP contribution is 2.31. The average Bonchev–Trinajstić information content (AvgIpc) is 3.07. The van der Waals surface area contributed by atoms with Crippen LogP contribution >= 0.6 is 11.6 Å². The molecular weight excluding hydrogens is 478 g/mol. The lowest BCUT2D eigenvalue weighted by molar-refractivity contribution is -0.384. The maximum Gasteiger partial charge on any atom is 0.343 e. The second-order valence-electron chi connectivity index (χ2n) is 7.18. The summed E-state index contributed by atoms with van der Waals surface area (Å²) < 4.78 is 10.4. The van der Waals surface area contributed by atoms with Crippen molar-refractivity contribution in [3.63, 3.8) is 0 Å². The van der Waals surface area contributed by atoms with Gasteiger partial charge in [0.05, 0.1) is 23.3 Å². The van der Waals surface area contributed by atoms with Gasteiger partial charge in [0, 0.05) is 23.9 Å². The molecule has 0 bridgehead atoms. The molecule has 0 spiro atoms. The SMILES string of the molecule is COc1cccc(N2C(=O)C(Cl)=C(Nc3ccc(C(=O)Oc4ccc([N+](=O)[O-])cc4)cc3)C2=O)c1. The van der Waals surface area contributed by atoms with Gasteiger partial charge in [-0.3, -0.25) is 19.7 Å². The fourth-order valence-corrected chi connectivity index (χ4v) is 3.44. The quantitative estimate of drug-likeness (QED) is 0.170. The van der Waals surface area contributed by atoms with E-state index in [1.807, 2.05) is 0 Å². The van der Waals surface area contributed by atoms with Gasteiger partial charge in [0.25, 0.3) is 17.5 Å². The number of hydrogen-bond donors (Lipinski definition) is 1. The van der Waals surface area contributed by atoms with Crippen LogP contribution in [-0.2, 0) is 9.59 Å². The van der Waals surface area contributed by atoms with E-state index in [2.05, 4.69) is 5.32 Å². The van der Waals surface area contributed by atoms with Crippen LogP contribution < -0.4 is 19.7 Å². The molecule has 0 unspecified atom stereocenters. The Balaban J connectivity index is 1.46. The van der Waals surface area contributed by atoms with Crippen molar-refractivity contribution in [1.82, 2.24) is 0 Å². The highest BCUT2D eigenvalue weighted by molar-refractivity contribution is 6.53. The van der Waals surface area contributed by atoms with Gasteiger partial charge in [0.15, 0.2) is 0 Å². The van der Waals surface area contributed by atoms with E-state index in [-0.39, 0.29) is 27.7 Å². The summed E-state index contributed by atoms with van der Waals surface area (Å²) in [6.07, 6.45) is 0. The Kier molecular flexibility index (Phi) is 6.47. The molecule has 35 heavy (non-hydrogen) atoms. The second kappa shape index (κ2) is 9.65. The number of esters is 1. The van der Waals surface area contributed by atoms with Crippen LogP contribution in [0, 0.1) is 10.1 Å². The molecule has 0 atom stereocenters. The van der Waals surface area contributed by atoms with E-state index in [9.17, 15) is 24.5 Å². The minimum atomic E-state index is -0.685. The number of anilines is 2. The molecule has 1 aliphatic heterocycles. The van der Waals surface area contributed by atoms with E-state index in [0.29, 0.717) is 17.1 Å². The van der Waals surface area contributed by atoms with Gasteiger partial charge in [-0.05, 0) is 48.5 Å². The van der Waals surface area contributed by atoms with Crippen LogP contribution in [0.1, 0.15) is 10.4 Å². The lowest BCUT2D eigenvalue weighted by Crippen LogP contribution is -2.32. The molecule has 1 N–H and O–H groups in total. The lowest BCUT2D eigenvalue weighted by atomic mass is 10.2. The number of carbonyl (C=O) groups excluding carboxylic acids is 3. The second-order valence-corrected chi connectivity index (χ2v) is 7.56. The number of non-ortho nitro benzene ring substituents is 1. The van der Waals surface area contributed by atoms with Crippen LogP contribution in [0.2, 0.25) is 0 Å². The number of nitro benzene ring substituents is 1.